The van der Waals surface area contributed by atoms with Crippen molar-refractivity contribution < 1.29 is 9.53 Å². The van der Waals surface area contributed by atoms with Crippen molar-refractivity contribution >= 4 is 45.8 Å². The molecule has 2 aromatic carbocycles. The molecule has 0 atom stereocenters. The first kappa shape index (κ1) is 22.1. The first-order chi connectivity index (χ1) is 16.6. The lowest BCUT2D eigenvalue weighted by atomic mass is 10.1. The number of hydrogen-bond donors (Lipinski definition) is 1. The van der Waals surface area contributed by atoms with Crippen LogP contribution in [0.4, 0.5) is 22.1 Å². The van der Waals surface area contributed by atoms with E-state index in [4.69, 9.17) is 14.7 Å². The average molecular weight is 475 g/mol. The summed E-state index contributed by atoms with van der Waals surface area (Å²) in [5.41, 5.74) is 4.65. The number of nitrogens with zero attached hydrogens (tertiary/aromatic N) is 5. The summed E-state index contributed by atoms with van der Waals surface area (Å²) in [6.07, 6.45) is -0.263. The number of hydrogen-bond acceptors (Lipinski definition) is 8. The van der Waals surface area contributed by atoms with Gasteiger partial charge in [0.2, 0.25) is 0 Å². The Morgan fingerprint density at radius 1 is 1.00 bits per heavy atom. The molecular formula is C25H26N6O2S. The highest BCUT2D eigenvalue weighted by Crippen LogP contribution is 2.30. The maximum Gasteiger partial charge on any atom is 0.409 e. The van der Waals surface area contributed by atoms with E-state index in [0.717, 1.165) is 38.8 Å². The summed E-state index contributed by atoms with van der Waals surface area (Å²) in [4.78, 5) is 30.4. The Morgan fingerprint density at radius 3 is 2.35 bits per heavy atom. The van der Waals surface area contributed by atoms with Crippen LogP contribution >= 0.6 is 11.3 Å². The number of ether oxygens (including phenoxy) is 1. The molecule has 1 amide bonds. The normalized spacial score (nSPS) is 13.8. The molecule has 1 aliphatic heterocycles. The van der Waals surface area contributed by atoms with Crippen molar-refractivity contribution in [1.29, 1.82) is 0 Å². The molecule has 0 unspecified atom stereocenters. The lowest BCUT2D eigenvalue weighted by Gasteiger charge is -2.35. The number of aromatic nitrogens is 3. The molecule has 0 spiro atoms. The first-order valence-electron chi connectivity index (χ1n) is 11.3. The predicted molar refractivity (Wildman–Crippen MR) is 136 cm³/mol. The maximum atomic E-state index is 12.1. The quantitative estimate of drug-likeness (QED) is 0.432. The van der Waals surface area contributed by atoms with Gasteiger partial charge in [-0.05, 0) is 38.1 Å². The first-order valence-corrected chi connectivity index (χ1v) is 12.2. The number of para-hydroxylation sites is 2. The summed E-state index contributed by atoms with van der Waals surface area (Å²) in [5.74, 6) is 1.47. The summed E-state index contributed by atoms with van der Waals surface area (Å²) < 4.78 is 5.15. The largest absolute Gasteiger partial charge is 0.450 e. The second-order valence-corrected chi connectivity index (χ2v) is 9.07. The Balaban J connectivity index is 1.40. The number of carbonyl (C=O) groups is 1. The van der Waals surface area contributed by atoms with Crippen LogP contribution in [0.2, 0.25) is 0 Å². The van der Waals surface area contributed by atoms with Crippen LogP contribution in [0.1, 0.15) is 11.9 Å². The third kappa shape index (κ3) is 4.65. The molecule has 4 aromatic rings. The third-order valence-corrected chi connectivity index (χ3v) is 6.49. The Kier molecular flexibility index (Phi) is 6.27. The molecule has 1 saturated heterocycles. The number of piperazine rings is 1. The molecule has 0 aliphatic carbocycles. The van der Waals surface area contributed by atoms with E-state index in [1.807, 2.05) is 50.2 Å². The molecule has 3 heterocycles. The molecule has 0 saturated carbocycles. The highest BCUT2D eigenvalue weighted by Gasteiger charge is 2.25. The van der Waals surface area contributed by atoms with Gasteiger partial charge in [-0.2, -0.15) is 0 Å². The summed E-state index contributed by atoms with van der Waals surface area (Å²) >= 11 is 1.65. The molecule has 0 bridgehead atoms. The van der Waals surface area contributed by atoms with E-state index >= 15 is 0 Å². The van der Waals surface area contributed by atoms with Crippen molar-refractivity contribution in [3.05, 3.63) is 58.9 Å². The van der Waals surface area contributed by atoms with Crippen LogP contribution in [0, 0.1) is 6.92 Å². The Bertz CT molecular complexity index is 1300. The number of amides is 1. The van der Waals surface area contributed by atoms with Gasteiger partial charge in [-0.1, -0.05) is 24.3 Å². The van der Waals surface area contributed by atoms with Crippen molar-refractivity contribution in [3.63, 3.8) is 0 Å². The summed E-state index contributed by atoms with van der Waals surface area (Å²) in [7, 11) is 0. The Morgan fingerprint density at radius 2 is 1.71 bits per heavy atom. The minimum atomic E-state index is -0.263. The second-order valence-electron chi connectivity index (χ2n) is 8.01. The number of benzene rings is 2. The average Bonchev–Trinajstić information content (AvgIpc) is 3.30. The summed E-state index contributed by atoms with van der Waals surface area (Å²) in [6.45, 7) is 6.68. The van der Waals surface area contributed by atoms with E-state index in [1.165, 1.54) is 0 Å². The summed E-state index contributed by atoms with van der Waals surface area (Å²) in [6, 6.07) is 16.0. The van der Waals surface area contributed by atoms with Crippen LogP contribution in [0.5, 0.6) is 0 Å². The van der Waals surface area contributed by atoms with Gasteiger partial charge in [-0.15, -0.1) is 11.3 Å². The summed E-state index contributed by atoms with van der Waals surface area (Å²) in [5, 5.41) is 6.58. The zero-order valence-corrected chi connectivity index (χ0v) is 20.0. The lowest BCUT2D eigenvalue weighted by Crippen LogP contribution is -2.49. The zero-order chi connectivity index (χ0) is 23.5. The molecule has 0 radical (unpaired) electrons. The van der Waals surface area contributed by atoms with Gasteiger partial charge in [0, 0.05) is 42.8 Å². The van der Waals surface area contributed by atoms with Crippen molar-refractivity contribution in [2.75, 3.05) is 43.0 Å². The van der Waals surface area contributed by atoms with E-state index in [0.29, 0.717) is 38.6 Å². The van der Waals surface area contributed by atoms with Crippen LogP contribution in [0.3, 0.4) is 0 Å². The lowest BCUT2D eigenvalue weighted by molar-refractivity contribution is 0.105. The smallest absolute Gasteiger partial charge is 0.409 e. The fourth-order valence-electron chi connectivity index (χ4n) is 3.97. The minimum absolute atomic E-state index is 0.263. The molecule has 5 rings (SSSR count). The molecule has 1 fully saturated rings. The third-order valence-electron chi connectivity index (χ3n) is 5.72. The van der Waals surface area contributed by atoms with Gasteiger partial charge >= 0.3 is 6.09 Å². The van der Waals surface area contributed by atoms with Crippen LogP contribution < -0.4 is 10.2 Å². The molecule has 1 aliphatic rings. The Labute approximate surface area is 202 Å². The number of aryl methyl sites for hydroxylation is 1. The second kappa shape index (κ2) is 9.64. The number of fused-ring (bicyclic) bond motifs is 1. The fourth-order valence-corrected chi connectivity index (χ4v) is 4.59. The Hall–Kier alpha value is -3.72. The van der Waals surface area contributed by atoms with Crippen LogP contribution in [0.15, 0.2) is 53.9 Å². The van der Waals surface area contributed by atoms with Crippen LogP contribution in [0.25, 0.3) is 22.3 Å². The van der Waals surface area contributed by atoms with Gasteiger partial charge in [0.15, 0.2) is 11.6 Å². The molecule has 2 aromatic heterocycles. The molecule has 174 valence electrons. The maximum absolute atomic E-state index is 12.1. The fraction of sp³-hybridized carbons (Fsp3) is 0.280. The highest BCUT2D eigenvalue weighted by molar-refractivity contribution is 7.09. The number of rotatable bonds is 5. The van der Waals surface area contributed by atoms with Gasteiger partial charge in [0.25, 0.3) is 0 Å². The number of anilines is 3. The van der Waals surface area contributed by atoms with Crippen molar-refractivity contribution in [2.45, 2.75) is 13.8 Å². The van der Waals surface area contributed by atoms with E-state index in [1.54, 1.807) is 16.2 Å². The van der Waals surface area contributed by atoms with E-state index < -0.39 is 0 Å². The molecule has 8 nitrogen and oxygen atoms in total. The standard InChI is InChI=1S/C25H26N6O2S/c1-3-33-25(32)31-14-12-30(13-15-31)24-23(28-20-6-4-5-7-21(20)29-24)27-19-10-8-18(9-11-19)22-16-34-17(2)26-22/h4-11,16H,3,12-15H2,1-2H3,(H,27,28). The number of nitrogens with one attached hydrogen (secondary N) is 1. The molecular weight excluding hydrogens is 448 g/mol. The molecule has 9 heteroatoms. The van der Waals surface area contributed by atoms with Crippen molar-refractivity contribution in [2.24, 2.45) is 0 Å². The minimum Gasteiger partial charge on any atom is -0.450 e. The van der Waals surface area contributed by atoms with E-state index in [-0.39, 0.29) is 6.09 Å². The molecule has 1 N–H and O–H groups in total. The number of thiazole rings is 1. The topological polar surface area (TPSA) is 83.5 Å². The van der Waals surface area contributed by atoms with Gasteiger partial charge in [0.05, 0.1) is 28.3 Å². The van der Waals surface area contributed by atoms with Gasteiger partial charge in [-0.25, -0.2) is 19.7 Å². The zero-order valence-electron chi connectivity index (χ0n) is 19.2. The predicted octanol–water partition coefficient (Wildman–Crippen LogP) is 5.08. The monoisotopic (exact) mass is 474 g/mol. The van der Waals surface area contributed by atoms with Crippen LogP contribution in [-0.4, -0.2) is 58.7 Å². The highest BCUT2D eigenvalue weighted by atomic mass is 32.1. The van der Waals surface area contributed by atoms with E-state index in [9.17, 15) is 4.79 Å². The van der Waals surface area contributed by atoms with Gasteiger partial charge in [0.1, 0.15) is 0 Å². The van der Waals surface area contributed by atoms with Gasteiger partial charge in [-0.3, -0.25) is 0 Å². The number of carbonyl (C=O) groups excluding carboxylic acids is 1. The molecule has 34 heavy (non-hydrogen) atoms. The van der Waals surface area contributed by atoms with Crippen molar-refractivity contribution in [3.8, 4) is 11.3 Å². The SMILES string of the molecule is CCOC(=O)N1CCN(c2nc3ccccc3nc2Nc2ccc(-c3csc(C)n3)cc2)CC1. The van der Waals surface area contributed by atoms with E-state index in [2.05, 4.69) is 32.7 Å². The van der Waals surface area contributed by atoms with Crippen LogP contribution in [-0.2, 0) is 4.74 Å². The van der Waals surface area contributed by atoms with Crippen molar-refractivity contribution in [1.82, 2.24) is 19.9 Å². The van der Waals surface area contributed by atoms with Gasteiger partial charge < -0.3 is 19.9 Å².